The summed E-state index contributed by atoms with van der Waals surface area (Å²) in [4.78, 5) is 11.9. The molecule has 0 aliphatic carbocycles. The summed E-state index contributed by atoms with van der Waals surface area (Å²) in [6, 6.07) is 8.44. The minimum atomic E-state index is -1.06. The summed E-state index contributed by atoms with van der Waals surface area (Å²) in [7, 11) is 0. The highest BCUT2D eigenvalue weighted by Crippen LogP contribution is 2.24. The SMILES string of the molecule is Cc1ccc(C(=O)/C=C/c2cc(F)cc(F)c2O)cc1. The molecule has 2 aromatic carbocycles. The quantitative estimate of drug-likeness (QED) is 0.681. The van der Waals surface area contributed by atoms with E-state index in [2.05, 4.69) is 0 Å². The zero-order chi connectivity index (χ0) is 14.7. The van der Waals surface area contributed by atoms with Crippen LogP contribution in [0.25, 0.3) is 6.08 Å². The number of hydrogen-bond donors (Lipinski definition) is 1. The van der Waals surface area contributed by atoms with Crippen molar-refractivity contribution in [3.63, 3.8) is 0 Å². The molecule has 102 valence electrons. The monoisotopic (exact) mass is 274 g/mol. The normalized spacial score (nSPS) is 10.9. The van der Waals surface area contributed by atoms with Gasteiger partial charge < -0.3 is 5.11 Å². The fraction of sp³-hybridized carbons (Fsp3) is 0.0625. The molecular weight excluding hydrogens is 262 g/mol. The highest BCUT2D eigenvalue weighted by Gasteiger charge is 2.08. The maximum absolute atomic E-state index is 13.1. The smallest absolute Gasteiger partial charge is 0.185 e. The molecule has 0 unspecified atom stereocenters. The Balaban J connectivity index is 2.25. The lowest BCUT2D eigenvalue weighted by molar-refractivity contribution is 0.104. The number of phenols is 1. The van der Waals surface area contributed by atoms with Gasteiger partial charge in [-0.25, -0.2) is 8.78 Å². The second kappa shape index (κ2) is 5.65. The Morgan fingerprint density at radius 1 is 1.15 bits per heavy atom. The Labute approximate surface area is 115 Å². The first-order valence-corrected chi connectivity index (χ1v) is 5.94. The molecule has 0 amide bonds. The van der Waals surface area contributed by atoms with Crippen LogP contribution in [-0.4, -0.2) is 10.9 Å². The molecule has 0 saturated carbocycles. The van der Waals surface area contributed by atoms with Gasteiger partial charge in [-0.3, -0.25) is 4.79 Å². The standard InChI is InChI=1S/C16H12F2O2/c1-10-2-4-11(5-3-10)15(19)7-6-12-8-13(17)9-14(18)16(12)20/h2-9,20H,1H3/b7-6+. The second-order valence-electron chi connectivity index (χ2n) is 4.39. The molecule has 0 radical (unpaired) electrons. The summed E-state index contributed by atoms with van der Waals surface area (Å²) in [6.07, 6.45) is 2.35. The first kappa shape index (κ1) is 13.9. The van der Waals surface area contributed by atoms with Crippen molar-refractivity contribution in [2.75, 3.05) is 0 Å². The van der Waals surface area contributed by atoms with Gasteiger partial charge in [0, 0.05) is 17.2 Å². The first-order chi connectivity index (χ1) is 9.47. The number of aryl methyl sites for hydroxylation is 1. The van der Waals surface area contributed by atoms with Gasteiger partial charge in [0.2, 0.25) is 0 Å². The molecule has 0 saturated heterocycles. The van der Waals surface area contributed by atoms with E-state index in [0.29, 0.717) is 11.6 Å². The number of benzene rings is 2. The Hall–Kier alpha value is -2.49. The third-order valence-corrected chi connectivity index (χ3v) is 2.81. The van der Waals surface area contributed by atoms with E-state index in [1.165, 1.54) is 12.2 Å². The number of carbonyl (C=O) groups excluding carboxylic acids is 1. The van der Waals surface area contributed by atoms with Gasteiger partial charge in [-0.15, -0.1) is 0 Å². The zero-order valence-corrected chi connectivity index (χ0v) is 10.7. The van der Waals surface area contributed by atoms with Crippen molar-refractivity contribution in [2.45, 2.75) is 6.92 Å². The number of hydrogen-bond acceptors (Lipinski definition) is 2. The van der Waals surface area contributed by atoms with Gasteiger partial charge in [-0.05, 0) is 25.1 Å². The Morgan fingerprint density at radius 2 is 1.80 bits per heavy atom. The van der Waals surface area contributed by atoms with Crippen LogP contribution in [0.3, 0.4) is 0 Å². The van der Waals surface area contributed by atoms with E-state index in [1.807, 2.05) is 6.92 Å². The van der Waals surface area contributed by atoms with Crippen molar-refractivity contribution in [2.24, 2.45) is 0 Å². The first-order valence-electron chi connectivity index (χ1n) is 5.94. The molecule has 0 fully saturated rings. The van der Waals surface area contributed by atoms with Crippen molar-refractivity contribution in [3.8, 4) is 5.75 Å². The molecule has 20 heavy (non-hydrogen) atoms. The number of allylic oxidation sites excluding steroid dienone is 1. The Morgan fingerprint density at radius 3 is 2.45 bits per heavy atom. The predicted molar refractivity (Wildman–Crippen MR) is 72.6 cm³/mol. The van der Waals surface area contributed by atoms with Gasteiger partial charge >= 0.3 is 0 Å². The Bertz CT molecular complexity index is 674. The number of halogens is 2. The van der Waals surface area contributed by atoms with Gasteiger partial charge in [0.1, 0.15) is 5.82 Å². The van der Waals surface area contributed by atoms with Crippen LogP contribution in [0.4, 0.5) is 8.78 Å². The lowest BCUT2D eigenvalue weighted by atomic mass is 10.1. The van der Waals surface area contributed by atoms with E-state index in [0.717, 1.165) is 11.6 Å². The molecule has 2 aromatic rings. The van der Waals surface area contributed by atoms with Crippen LogP contribution in [0, 0.1) is 18.6 Å². The van der Waals surface area contributed by atoms with Crippen molar-refractivity contribution < 1.29 is 18.7 Å². The predicted octanol–water partition coefficient (Wildman–Crippen LogP) is 3.87. The fourth-order valence-electron chi connectivity index (χ4n) is 1.69. The van der Waals surface area contributed by atoms with Gasteiger partial charge in [-0.2, -0.15) is 0 Å². The minimum absolute atomic E-state index is 0.0806. The molecular formula is C16H12F2O2. The van der Waals surface area contributed by atoms with E-state index in [4.69, 9.17) is 0 Å². The third-order valence-electron chi connectivity index (χ3n) is 2.81. The lowest BCUT2D eigenvalue weighted by Crippen LogP contribution is -1.94. The van der Waals surface area contributed by atoms with Gasteiger partial charge in [0.15, 0.2) is 17.3 Å². The number of aromatic hydroxyl groups is 1. The zero-order valence-electron chi connectivity index (χ0n) is 10.7. The van der Waals surface area contributed by atoms with E-state index in [1.54, 1.807) is 24.3 Å². The van der Waals surface area contributed by atoms with Crippen LogP contribution in [0.15, 0.2) is 42.5 Å². The Kier molecular flexibility index (Phi) is 3.94. The van der Waals surface area contributed by atoms with Crippen molar-refractivity contribution in [3.05, 3.63) is 70.8 Å². The fourth-order valence-corrected chi connectivity index (χ4v) is 1.69. The molecule has 1 N–H and O–H groups in total. The number of phenolic OH excluding ortho intramolecular Hbond substituents is 1. The second-order valence-corrected chi connectivity index (χ2v) is 4.39. The van der Waals surface area contributed by atoms with E-state index in [9.17, 15) is 18.7 Å². The minimum Gasteiger partial charge on any atom is -0.504 e. The average molecular weight is 274 g/mol. The topological polar surface area (TPSA) is 37.3 Å². The van der Waals surface area contributed by atoms with Gasteiger partial charge in [-0.1, -0.05) is 29.8 Å². The molecule has 0 bridgehead atoms. The van der Waals surface area contributed by atoms with E-state index in [-0.39, 0.29) is 11.3 Å². The van der Waals surface area contributed by atoms with Crippen molar-refractivity contribution >= 4 is 11.9 Å². The summed E-state index contributed by atoms with van der Waals surface area (Å²) in [6.45, 7) is 1.90. The number of rotatable bonds is 3. The summed E-state index contributed by atoms with van der Waals surface area (Å²) in [5.74, 6) is -2.87. The maximum atomic E-state index is 13.1. The maximum Gasteiger partial charge on any atom is 0.185 e. The molecule has 4 heteroatoms. The van der Waals surface area contributed by atoms with Crippen molar-refractivity contribution in [1.82, 2.24) is 0 Å². The number of ketones is 1. The molecule has 0 spiro atoms. The van der Waals surface area contributed by atoms with Crippen LogP contribution in [0.1, 0.15) is 21.5 Å². The molecule has 0 aromatic heterocycles. The van der Waals surface area contributed by atoms with E-state index < -0.39 is 17.4 Å². The third kappa shape index (κ3) is 3.09. The molecule has 0 heterocycles. The van der Waals surface area contributed by atoms with Crippen LogP contribution in [0.2, 0.25) is 0 Å². The van der Waals surface area contributed by atoms with Gasteiger partial charge in [0.05, 0.1) is 0 Å². The van der Waals surface area contributed by atoms with Gasteiger partial charge in [0.25, 0.3) is 0 Å². The lowest BCUT2D eigenvalue weighted by Gasteiger charge is -2.01. The van der Waals surface area contributed by atoms with Crippen LogP contribution in [-0.2, 0) is 0 Å². The average Bonchev–Trinajstić information content (AvgIpc) is 2.41. The van der Waals surface area contributed by atoms with Crippen LogP contribution >= 0.6 is 0 Å². The molecule has 0 aliphatic rings. The summed E-state index contributed by atoms with van der Waals surface area (Å²) in [5.41, 5.74) is 1.40. The van der Waals surface area contributed by atoms with Crippen molar-refractivity contribution in [1.29, 1.82) is 0 Å². The summed E-state index contributed by atoms with van der Waals surface area (Å²) >= 11 is 0. The summed E-state index contributed by atoms with van der Waals surface area (Å²) < 4.78 is 26.2. The molecule has 0 aliphatic heterocycles. The highest BCUT2D eigenvalue weighted by atomic mass is 19.1. The van der Waals surface area contributed by atoms with E-state index >= 15 is 0 Å². The largest absolute Gasteiger partial charge is 0.504 e. The molecule has 2 nitrogen and oxygen atoms in total. The van der Waals surface area contributed by atoms with Crippen LogP contribution in [0.5, 0.6) is 5.75 Å². The highest BCUT2D eigenvalue weighted by molar-refractivity contribution is 6.06. The molecule has 0 atom stereocenters. The molecule has 2 rings (SSSR count). The summed E-state index contributed by atoms with van der Waals surface area (Å²) in [5, 5.41) is 9.44. The number of carbonyl (C=O) groups is 1. The van der Waals surface area contributed by atoms with Crippen LogP contribution < -0.4 is 0 Å².